The summed E-state index contributed by atoms with van der Waals surface area (Å²) in [6.45, 7) is 0.211. The third-order valence-electron chi connectivity index (χ3n) is 4.43. The van der Waals surface area contributed by atoms with Crippen molar-refractivity contribution >= 4 is 17.3 Å². The molecule has 1 aliphatic rings. The van der Waals surface area contributed by atoms with Crippen LogP contribution in [-0.4, -0.2) is 28.7 Å². The number of benzene rings is 1. The van der Waals surface area contributed by atoms with Crippen LogP contribution in [0.3, 0.4) is 0 Å². The maximum atomic E-state index is 12.7. The quantitative estimate of drug-likeness (QED) is 0.422. The number of carbonyl (C=O) groups excluding carboxylic acids is 1. The van der Waals surface area contributed by atoms with E-state index in [1.165, 1.54) is 4.90 Å². The average molecular weight is 368 g/mol. The molecule has 0 heterocycles. The number of nitrogens with one attached hydrogen (secondary N) is 1. The Morgan fingerprint density at radius 1 is 1.27 bits per heavy atom. The maximum Gasteiger partial charge on any atom is 0.432 e. The van der Waals surface area contributed by atoms with Crippen LogP contribution in [0.4, 0.5) is 18.9 Å². The number of allylic oxidation sites excluding steroid dienone is 1. The first-order valence-corrected chi connectivity index (χ1v) is 8.47. The molecular formula is C18H23F3N4O. The first-order valence-electron chi connectivity index (χ1n) is 8.47. The van der Waals surface area contributed by atoms with Crippen LogP contribution in [0.2, 0.25) is 0 Å². The van der Waals surface area contributed by atoms with Crippen molar-refractivity contribution in [3.8, 4) is 0 Å². The largest absolute Gasteiger partial charge is 0.432 e. The summed E-state index contributed by atoms with van der Waals surface area (Å²) in [6.07, 6.45) is 0.0731. The number of carbonyl (C=O) groups is 1. The number of nitrogens with zero attached hydrogens (tertiary/aromatic N) is 1. The average Bonchev–Trinajstić information content (AvgIpc) is 2.59. The van der Waals surface area contributed by atoms with Crippen LogP contribution < -0.4 is 11.5 Å². The lowest BCUT2D eigenvalue weighted by Crippen LogP contribution is -2.43. The van der Waals surface area contributed by atoms with E-state index in [0.717, 1.165) is 37.7 Å². The zero-order valence-corrected chi connectivity index (χ0v) is 14.4. The summed E-state index contributed by atoms with van der Waals surface area (Å²) in [7, 11) is 0. The highest BCUT2D eigenvalue weighted by atomic mass is 19.4. The van der Waals surface area contributed by atoms with Gasteiger partial charge < -0.3 is 16.4 Å². The highest BCUT2D eigenvalue weighted by Gasteiger charge is 2.34. The lowest BCUT2D eigenvalue weighted by molar-refractivity contribution is -0.130. The third kappa shape index (κ3) is 5.24. The molecule has 0 atom stereocenters. The van der Waals surface area contributed by atoms with Gasteiger partial charge in [0.15, 0.2) is 0 Å². The molecular weight excluding hydrogens is 345 g/mol. The van der Waals surface area contributed by atoms with E-state index in [1.807, 2.05) is 0 Å². The molecule has 2 rings (SSSR count). The summed E-state index contributed by atoms with van der Waals surface area (Å²) in [5, 5.41) is 7.03. The molecule has 0 aliphatic heterocycles. The third-order valence-corrected chi connectivity index (χ3v) is 4.43. The van der Waals surface area contributed by atoms with Crippen LogP contribution in [0, 0.1) is 5.41 Å². The van der Waals surface area contributed by atoms with Crippen LogP contribution in [-0.2, 0) is 11.3 Å². The lowest BCUT2D eigenvalue weighted by atomic mass is 9.93. The minimum absolute atomic E-state index is 0.0929. The Morgan fingerprint density at radius 2 is 1.92 bits per heavy atom. The van der Waals surface area contributed by atoms with Crippen LogP contribution >= 0.6 is 0 Å². The normalized spacial score (nSPS) is 16.3. The van der Waals surface area contributed by atoms with Crippen molar-refractivity contribution in [1.29, 1.82) is 5.41 Å². The van der Waals surface area contributed by atoms with Crippen molar-refractivity contribution in [2.45, 2.75) is 50.9 Å². The van der Waals surface area contributed by atoms with Gasteiger partial charge in [-0.3, -0.25) is 10.2 Å². The molecule has 26 heavy (non-hydrogen) atoms. The molecule has 0 unspecified atom stereocenters. The number of anilines is 1. The first-order chi connectivity index (χ1) is 12.2. The fraction of sp³-hybridized carbons (Fsp3) is 0.444. The Bertz CT molecular complexity index is 694. The van der Waals surface area contributed by atoms with E-state index in [2.05, 4.69) is 0 Å². The van der Waals surface area contributed by atoms with Crippen molar-refractivity contribution in [1.82, 2.24) is 4.90 Å². The molecule has 1 aliphatic carbocycles. The lowest BCUT2D eigenvalue weighted by Gasteiger charge is -2.34. The molecule has 0 saturated heterocycles. The number of hydrogen-bond acceptors (Lipinski definition) is 4. The van der Waals surface area contributed by atoms with E-state index in [9.17, 15) is 18.0 Å². The van der Waals surface area contributed by atoms with Gasteiger partial charge in [-0.25, -0.2) is 0 Å². The van der Waals surface area contributed by atoms with Gasteiger partial charge in [0.1, 0.15) is 5.71 Å². The highest BCUT2D eigenvalue weighted by Crippen LogP contribution is 2.26. The van der Waals surface area contributed by atoms with E-state index >= 15 is 0 Å². The van der Waals surface area contributed by atoms with Gasteiger partial charge in [0, 0.05) is 18.3 Å². The minimum Gasteiger partial charge on any atom is -0.399 e. The van der Waals surface area contributed by atoms with E-state index in [4.69, 9.17) is 16.9 Å². The standard InChI is InChI=1S/C18H23F3N4O/c19-18(20,21)16(24)10-15(23)17(26)25(14-7-2-1-3-8-14)11-12-5-4-6-13(22)9-12/h4-6,9-10,14,24H,1-3,7-8,11,22-23H2/b15-10-,24-16?. The van der Waals surface area contributed by atoms with Crippen LogP contribution in [0.25, 0.3) is 0 Å². The van der Waals surface area contributed by atoms with E-state index < -0.39 is 23.5 Å². The van der Waals surface area contributed by atoms with Gasteiger partial charge >= 0.3 is 6.18 Å². The number of alkyl halides is 3. The molecule has 1 amide bonds. The Labute approximate surface area is 150 Å². The molecule has 0 radical (unpaired) electrons. The van der Waals surface area contributed by atoms with Gasteiger partial charge in [-0.1, -0.05) is 31.4 Å². The zero-order valence-electron chi connectivity index (χ0n) is 14.4. The Balaban J connectivity index is 2.25. The van der Waals surface area contributed by atoms with Gasteiger partial charge in [-0.15, -0.1) is 0 Å². The molecule has 0 spiro atoms. The molecule has 8 heteroatoms. The Kier molecular flexibility index (Phi) is 6.28. The van der Waals surface area contributed by atoms with Crippen molar-refractivity contribution in [2.24, 2.45) is 5.73 Å². The van der Waals surface area contributed by atoms with Gasteiger partial charge in [0.05, 0.1) is 5.70 Å². The second-order valence-corrected chi connectivity index (χ2v) is 6.48. The zero-order chi connectivity index (χ0) is 19.3. The molecule has 0 aromatic heterocycles. The predicted octanol–water partition coefficient (Wildman–Crippen LogP) is 3.35. The molecule has 1 aromatic carbocycles. The SMILES string of the molecule is N=C(/C=C(\N)C(=O)N(Cc1cccc(N)c1)C1CCCCC1)C(F)(F)F. The summed E-state index contributed by atoms with van der Waals surface area (Å²) in [6, 6.07) is 6.91. The molecule has 1 aromatic rings. The molecule has 1 saturated carbocycles. The number of hydrogen-bond donors (Lipinski definition) is 3. The number of halogens is 3. The smallest absolute Gasteiger partial charge is 0.399 e. The number of nitrogens with two attached hydrogens (primary N) is 2. The van der Waals surface area contributed by atoms with E-state index in [-0.39, 0.29) is 12.6 Å². The van der Waals surface area contributed by atoms with Gasteiger partial charge in [-0.2, -0.15) is 13.2 Å². The second-order valence-electron chi connectivity index (χ2n) is 6.48. The van der Waals surface area contributed by atoms with Crippen LogP contribution in [0.15, 0.2) is 36.0 Å². The highest BCUT2D eigenvalue weighted by molar-refractivity contribution is 6.04. The van der Waals surface area contributed by atoms with Crippen molar-refractivity contribution in [3.05, 3.63) is 41.6 Å². The summed E-state index contributed by atoms with van der Waals surface area (Å²) in [4.78, 5) is 14.2. The van der Waals surface area contributed by atoms with Gasteiger partial charge in [0.2, 0.25) is 0 Å². The summed E-state index contributed by atoms with van der Waals surface area (Å²) < 4.78 is 37.7. The first kappa shape index (κ1) is 19.8. The molecule has 142 valence electrons. The number of rotatable bonds is 5. The van der Waals surface area contributed by atoms with Crippen molar-refractivity contribution in [3.63, 3.8) is 0 Å². The monoisotopic (exact) mass is 368 g/mol. The summed E-state index contributed by atoms with van der Waals surface area (Å²) >= 11 is 0. The Morgan fingerprint density at radius 3 is 2.50 bits per heavy atom. The van der Waals surface area contributed by atoms with Crippen molar-refractivity contribution < 1.29 is 18.0 Å². The number of nitrogen functional groups attached to an aromatic ring is 1. The number of amides is 1. The molecule has 5 nitrogen and oxygen atoms in total. The van der Waals surface area contributed by atoms with Gasteiger partial charge in [0.25, 0.3) is 5.91 Å². The van der Waals surface area contributed by atoms with E-state index in [1.54, 1.807) is 24.3 Å². The fourth-order valence-corrected chi connectivity index (χ4v) is 3.11. The topological polar surface area (TPSA) is 96.2 Å². The molecule has 1 fully saturated rings. The summed E-state index contributed by atoms with van der Waals surface area (Å²) in [5.74, 6) is -0.687. The molecule has 0 bridgehead atoms. The predicted molar refractivity (Wildman–Crippen MR) is 94.3 cm³/mol. The minimum atomic E-state index is -4.84. The Hall–Kier alpha value is -2.51. The second kappa shape index (κ2) is 8.25. The maximum absolute atomic E-state index is 12.7. The van der Waals surface area contributed by atoms with Crippen molar-refractivity contribution in [2.75, 3.05) is 5.73 Å². The van der Waals surface area contributed by atoms with Crippen LogP contribution in [0.1, 0.15) is 37.7 Å². The fourth-order valence-electron chi connectivity index (χ4n) is 3.11. The van der Waals surface area contributed by atoms with E-state index in [0.29, 0.717) is 11.8 Å². The summed E-state index contributed by atoms with van der Waals surface area (Å²) in [5.41, 5.74) is 10.5. The van der Waals surface area contributed by atoms with Gasteiger partial charge in [-0.05, 0) is 36.6 Å². The molecule has 5 N–H and O–H groups in total. The van der Waals surface area contributed by atoms with Crippen LogP contribution in [0.5, 0.6) is 0 Å².